The molecule has 0 heterocycles. The molecule has 0 aliphatic carbocycles. The molecule has 6 heteroatoms. The highest BCUT2D eigenvalue weighted by atomic mass is 32.2. The van der Waals surface area contributed by atoms with Gasteiger partial charge in [0.2, 0.25) is 0 Å². The topological polar surface area (TPSA) is 81.2 Å². The van der Waals surface area contributed by atoms with Crippen LogP contribution in [0, 0.1) is 16.0 Å². The summed E-state index contributed by atoms with van der Waals surface area (Å²) >= 11 is 1.77. The van der Waals surface area contributed by atoms with Gasteiger partial charge in [-0.15, -0.1) is 0 Å². The average molecular weight is 269 g/mol. The van der Waals surface area contributed by atoms with Gasteiger partial charge in [-0.25, -0.2) is 0 Å². The lowest BCUT2D eigenvalue weighted by atomic mass is 10.2. The van der Waals surface area contributed by atoms with E-state index in [1.807, 2.05) is 6.07 Å². The predicted octanol–water partition coefficient (Wildman–Crippen LogP) is 3.16. The number of para-hydroxylation sites is 1. The van der Waals surface area contributed by atoms with Crippen LogP contribution in [0.1, 0.15) is 25.8 Å². The lowest BCUT2D eigenvalue weighted by molar-refractivity contribution is -0.384. The van der Waals surface area contributed by atoms with Gasteiger partial charge in [-0.3, -0.25) is 16.0 Å². The third-order valence-corrected chi connectivity index (χ3v) is 4.15. The van der Waals surface area contributed by atoms with Crippen molar-refractivity contribution >= 4 is 23.1 Å². The zero-order chi connectivity index (χ0) is 13.5. The molecular formula is C12H19N3O2S. The molecule has 0 spiro atoms. The minimum Gasteiger partial charge on any atom is -0.318 e. The molecule has 1 rings (SSSR count). The predicted molar refractivity (Wildman–Crippen MR) is 76.5 cm³/mol. The number of anilines is 1. The Morgan fingerprint density at radius 3 is 2.83 bits per heavy atom. The maximum atomic E-state index is 10.9. The maximum Gasteiger partial charge on any atom is 0.293 e. The quantitative estimate of drug-likeness (QED) is 0.451. The van der Waals surface area contributed by atoms with E-state index in [4.69, 9.17) is 5.84 Å². The van der Waals surface area contributed by atoms with Crippen molar-refractivity contribution in [2.24, 2.45) is 11.8 Å². The van der Waals surface area contributed by atoms with E-state index in [2.05, 4.69) is 19.3 Å². The van der Waals surface area contributed by atoms with Crippen molar-refractivity contribution < 1.29 is 4.92 Å². The number of hydrogen-bond donors (Lipinski definition) is 2. The first-order valence-corrected chi connectivity index (χ1v) is 7.06. The minimum absolute atomic E-state index is 0.0270. The van der Waals surface area contributed by atoms with Crippen LogP contribution in [-0.4, -0.2) is 10.7 Å². The number of benzene rings is 1. The Hall–Kier alpha value is -1.27. The molecule has 0 saturated carbocycles. The standard InChI is InChI=1S/C12H19N3O2S/c1-3-9(2)7-18-8-10-5-4-6-11(15(16)17)12(10)14-13/h4-6,9,14H,3,7-8,13H2,1-2H3. The first-order valence-electron chi connectivity index (χ1n) is 5.90. The molecule has 1 unspecified atom stereocenters. The molecule has 1 aromatic carbocycles. The third-order valence-electron chi connectivity index (χ3n) is 2.83. The molecule has 0 aliphatic rings. The molecule has 0 aromatic heterocycles. The van der Waals surface area contributed by atoms with E-state index in [1.165, 1.54) is 6.07 Å². The lowest BCUT2D eigenvalue weighted by Crippen LogP contribution is -2.11. The molecule has 3 N–H and O–H groups in total. The molecule has 0 amide bonds. The zero-order valence-corrected chi connectivity index (χ0v) is 11.5. The monoisotopic (exact) mass is 269 g/mol. The molecule has 0 saturated heterocycles. The number of nitro groups is 1. The van der Waals surface area contributed by atoms with Crippen LogP contribution in [0.5, 0.6) is 0 Å². The van der Waals surface area contributed by atoms with E-state index in [9.17, 15) is 10.1 Å². The average Bonchev–Trinajstić information content (AvgIpc) is 2.37. The molecule has 0 radical (unpaired) electrons. The van der Waals surface area contributed by atoms with Crippen LogP contribution in [0.25, 0.3) is 0 Å². The van der Waals surface area contributed by atoms with Crippen LogP contribution in [0.2, 0.25) is 0 Å². The van der Waals surface area contributed by atoms with E-state index in [1.54, 1.807) is 17.8 Å². The normalized spacial score (nSPS) is 12.2. The number of nitrogen functional groups attached to an aromatic ring is 1. The largest absolute Gasteiger partial charge is 0.318 e. The van der Waals surface area contributed by atoms with Gasteiger partial charge >= 0.3 is 0 Å². The van der Waals surface area contributed by atoms with Crippen LogP contribution in [0.4, 0.5) is 11.4 Å². The summed E-state index contributed by atoms with van der Waals surface area (Å²) < 4.78 is 0. The first kappa shape index (κ1) is 14.8. The summed E-state index contributed by atoms with van der Waals surface area (Å²) in [6, 6.07) is 5.02. The van der Waals surface area contributed by atoms with Gasteiger partial charge in [0.05, 0.1) is 4.92 Å². The van der Waals surface area contributed by atoms with Gasteiger partial charge in [0, 0.05) is 11.8 Å². The highest BCUT2D eigenvalue weighted by Gasteiger charge is 2.16. The van der Waals surface area contributed by atoms with Gasteiger partial charge in [-0.2, -0.15) is 11.8 Å². The minimum atomic E-state index is -0.419. The second-order valence-electron chi connectivity index (χ2n) is 4.24. The lowest BCUT2D eigenvalue weighted by Gasteiger charge is -2.11. The Bertz CT molecular complexity index is 412. The summed E-state index contributed by atoms with van der Waals surface area (Å²) in [7, 11) is 0. The summed E-state index contributed by atoms with van der Waals surface area (Å²) in [5, 5.41) is 10.9. The Morgan fingerprint density at radius 2 is 2.28 bits per heavy atom. The van der Waals surface area contributed by atoms with Gasteiger partial charge in [0.1, 0.15) is 5.69 Å². The van der Waals surface area contributed by atoms with Gasteiger partial charge < -0.3 is 5.43 Å². The number of thioether (sulfide) groups is 1. The summed E-state index contributed by atoms with van der Waals surface area (Å²) in [6.07, 6.45) is 1.14. The van der Waals surface area contributed by atoms with Gasteiger partial charge in [0.15, 0.2) is 0 Å². The van der Waals surface area contributed by atoms with Gasteiger partial charge in [0.25, 0.3) is 5.69 Å². The number of nitrogens with one attached hydrogen (secondary N) is 1. The van der Waals surface area contributed by atoms with Crippen LogP contribution in [0.3, 0.4) is 0 Å². The highest BCUT2D eigenvalue weighted by molar-refractivity contribution is 7.98. The Labute approximate surface area is 111 Å². The van der Waals surface area contributed by atoms with Gasteiger partial charge in [-0.1, -0.05) is 32.4 Å². The molecule has 0 bridgehead atoms. The Balaban J connectivity index is 2.76. The summed E-state index contributed by atoms with van der Waals surface area (Å²) in [6.45, 7) is 4.36. The van der Waals surface area contributed by atoms with Crippen LogP contribution in [0.15, 0.2) is 18.2 Å². The molecule has 5 nitrogen and oxygen atoms in total. The van der Waals surface area contributed by atoms with Crippen molar-refractivity contribution in [1.82, 2.24) is 0 Å². The number of nitro benzene ring substituents is 1. The first-order chi connectivity index (χ1) is 8.60. The van der Waals surface area contributed by atoms with Crippen molar-refractivity contribution in [3.8, 4) is 0 Å². The summed E-state index contributed by atoms with van der Waals surface area (Å²) in [5.41, 5.74) is 3.76. The van der Waals surface area contributed by atoms with E-state index >= 15 is 0 Å². The van der Waals surface area contributed by atoms with Crippen molar-refractivity contribution in [3.63, 3.8) is 0 Å². The second-order valence-corrected chi connectivity index (χ2v) is 5.27. The molecular weight excluding hydrogens is 250 g/mol. The van der Waals surface area contributed by atoms with E-state index in [0.717, 1.165) is 23.5 Å². The van der Waals surface area contributed by atoms with Crippen molar-refractivity contribution in [3.05, 3.63) is 33.9 Å². The molecule has 1 atom stereocenters. The number of hydrogen-bond acceptors (Lipinski definition) is 5. The highest BCUT2D eigenvalue weighted by Crippen LogP contribution is 2.30. The molecule has 0 aliphatic heterocycles. The van der Waals surface area contributed by atoms with E-state index in [-0.39, 0.29) is 5.69 Å². The smallest absolute Gasteiger partial charge is 0.293 e. The van der Waals surface area contributed by atoms with Crippen molar-refractivity contribution in [2.75, 3.05) is 11.2 Å². The van der Waals surface area contributed by atoms with Crippen LogP contribution in [-0.2, 0) is 5.75 Å². The maximum absolute atomic E-state index is 10.9. The molecule has 0 fully saturated rings. The Morgan fingerprint density at radius 1 is 1.56 bits per heavy atom. The van der Waals surface area contributed by atoms with Crippen molar-refractivity contribution in [2.45, 2.75) is 26.0 Å². The zero-order valence-electron chi connectivity index (χ0n) is 10.7. The van der Waals surface area contributed by atoms with Gasteiger partial charge in [-0.05, 0) is 17.2 Å². The number of rotatable bonds is 7. The molecule has 1 aromatic rings. The summed E-state index contributed by atoms with van der Waals surface area (Å²) in [4.78, 5) is 10.4. The van der Waals surface area contributed by atoms with E-state index in [0.29, 0.717) is 11.6 Å². The third kappa shape index (κ3) is 3.89. The summed E-state index contributed by atoms with van der Waals surface area (Å²) in [5.74, 6) is 7.81. The van der Waals surface area contributed by atoms with Crippen LogP contribution >= 0.6 is 11.8 Å². The van der Waals surface area contributed by atoms with Crippen molar-refractivity contribution in [1.29, 1.82) is 0 Å². The SMILES string of the molecule is CCC(C)CSCc1cccc([N+](=O)[O-])c1NN. The number of nitrogens with two attached hydrogens (primary N) is 1. The second kappa shape index (κ2) is 7.23. The molecule has 100 valence electrons. The van der Waals surface area contributed by atoms with Crippen LogP contribution < -0.4 is 11.3 Å². The number of nitrogens with zero attached hydrogens (tertiary/aromatic N) is 1. The fourth-order valence-corrected chi connectivity index (χ4v) is 2.73. The number of hydrazine groups is 1. The molecule has 18 heavy (non-hydrogen) atoms. The fourth-order valence-electron chi connectivity index (χ4n) is 1.51. The Kier molecular flexibility index (Phi) is 5.94. The van der Waals surface area contributed by atoms with E-state index < -0.39 is 4.92 Å². The fraction of sp³-hybridized carbons (Fsp3) is 0.500.